The third kappa shape index (κ3) is 3.53. The minimum atomic E-state index is -0.574. The number of hydrogen-bond donors (Lipinski definition) is 2. The molecule has 0 aliphatic carbocycles. The van der Waals surface area contributed by atoms with Gasteiger partial charge in [0.05, 0.1) is 23.5 Å². The predicted octanol–water partition coefficient (Wildman–Crippen LogP) is 1.28. The van der Waals surface area contributed by atoms with Crippen LogP contribution in [0.4, 0.5) is 20.0 Å². The Morgan fingerprint density at radius 2 is 2.29 bits per heavy atom. The van der Waals surface area contributed by atoms with E-state index in [2.05, 4.69) is 31.1 Å². The first-order valence-electron chi connectivity index (χ1n) is 8.36. The normalized spacial score (nSPS) is 13.6. The van der Waals surface area contributed by atoms with Crippen molar-refractivity contribution in [2.24, 2.45) is 0 Å². The van der Waals surface area contributed by atoms with Gasteiger partial charge < -0.3 is 10.6 Å². The number of urea groups is 1. The Bertz CT molecular complexity index is 1050. The number of anilines is 2. The Labute approximate surface area is 162 Å². The van der Waals surface area contributed by atoms with E-state index in [4.69, 9.17) is 0 Å². The summed E-state index contributed by atoms with van der Waals surface area (Å²) in [6, 6.07) is 4.00. The van der Waals surface area contributed by atoms with Gasteiger partial charge in [-0.05, 0) is 35.5 Å². The summed E-state index contributed by atoms with van der Waals surface area (Å²) in [5.74, 6) is -0.465. The second kappa shape index (κ2) is 7.31. The summed E-state index contributed by atoms with van der Waals surface area (Å²) in [4.78, 5) is 29.9. The smallest absolute Gasteiger partial charge is 0.323 e. The number of hydrogen-bond acceptors (Lipinski definition) is 7. The van der Waals surface area contributed by atoms with Gasteiger partial charge >= 0.3 is 6.03 Å². The largest absolute Gasteiger partial charge is 0.336 e. The molecule has 1 saturated heterocycles. The van der Waals surface area contributed by atoms with Crippen LogP contribution in [0.2, 0.25) is 0 Å². The number of nitrogens with one attached hydrogen (secondary N) is 2. The third-order valence-corrected chi connectivity index (χ3v) is 4.98. The maximum Gasteiger partial charge on any atom is 0.323 e. The Morgan fingerprint density at radius 3 is 3.00 bits per heavy atom. The van der Waals surface area contributed by atoms with Gasteiger partial charge in [-0.25, -0.2) is 14.2 Å². The van der Waals surface area contributed by atoms with Crippen molar-refractivity contribution in [3.63, 3.8) is 0 Å². The molecule has 1 aliphatic heterocycles. The summed E-state index contributed by atoms with van der Waals surface area (Å²) in [6.45, 7) is 2.80. The summed E-state index contributed by atoms with van der Waals surface area (Å²) in [6.07, 6.45) is -0.0421. The van der Waals surface area contributed by atoms with Crippen LogP contribution in [0.25, 0.3) is 5.69 Å². The van der Waals surface area contributed by atoms with Gasteiger partial charge in [0.1, 0.15) is 5.82 Å². The Kier molecular flexibility index (Phi) is 4.69. The molecule has 1 aromatic carbocycles. The number of benzene rings is 1. The molecule has 12 heteroatoms. The molecule has 4 rings (SSSR count). The summed E-state index contributed by atoms with van der Waals surface area (Å²) in [5, 5.41) is 18.6. The first-order valence-corrected chi connectivity index (χ1v) is 9.24. The van der Waals surface area contributed by atoms with E-state index in [0.29, 0.717) is 35.4 Å². The van der Waals surface area contributed by atoms with Crippen LogP contribution in [0.15, 0.2) is 23.6 Å². The highest BCUT2D eigenvalue weighted by atomic mass is 32.1. The molecule has 0 atom stereocenters. The second-order valence-electron chi connectivity index (χ2n) is 6.03. The minimum Gasteiger partial charge on any atom is -0.336 e. The van der Waals surface area contributed by atoms with E-state index in [1.807, 2.05) is 0 Å². The molecule has 10 nitrogen and oxygen atoms in total. The van der Waals surface area contributed by atoms with Gasteiger partial charge in [-0.15, -0.1) is 16.4 Å². The molecule has 0 bridgehead atoms. The quantitative estimate of drug-likeness (QED) is 0.664. The van der Waals surface area contributed by atoms with Crippen molar-refractivity contribution in [1.29, 1.82) is 0 Å². The van der Waals surface area contributed by atoms with E-state index < -0.39 is 11.7 Å². The molecule has 0 radical (unpaired) electrons. The summed E-state index contributed by atoms with van der Waals surface area (Å²) < 4.78 is 15.6. The van der Waals surface area contributed by atoms with Crippen molar-refractivity contribution in [3.8, 4) is 5.69 Å². The number of halogens is 1. The first kappa shape index (κ1) is 18.0. The zero-order chi connectivity index (χ0) is 19.7. The fourth-order valence-corrected chi connectivity index (χ4v) is 3.57. The summed E-state index contributed by atoms with van der Waals surface area (Å²) >= 11 is 1.28. The van der Waals surface area contributed by atoms with Crippen LogP contribution in [0, 0.1) is 12.7 Å². The van der Waals surface area contributed by atoms with Crippen LogP contribution in [-0.2, 0) is 11.2 Å². The van der Waals surface area contributed by atoms with Gasteiger partial charge in [0.15, 0.2) is 11.0 Å². The molecule has 3 amide bonds. The Morgan fingerprint density at radius 1 is 1.43 bits per heavy atom. The topological polar surface area (TPSA) is 118 Å². The van der Waals surface area contributed by atoms with E-state index in [-0.39, 0.29) is 18.1 Å². The average Bonchev–Trinajstić information content (AvgIpc) is 3.38. The van der Waals surface area contributed by atoms with E-state index >= 15 is 0 Å². The van der Waals surface area contributed by atoms with Gasteiger partial charge in [-0.1, -0.05) is 0 Å². The SMILES string of the molecule is Cc1nnnn1-c1ccc(F)c(NC(=O)Cc2csc(N3CCNC3=O)n2)c1. The number of tetrazole rings is 1. The molecule has 144 valence electrons. The van der Waals surface area contributed by atoms with Gasteiger partial charge in [-0.2, -0.15) is 4.68 Å². The van der Waals surface area contributed by atoms with Crippen molar-refractivity contribution in [2.75, 3.05) is 23.3 Å². The molecule has 0 saturated carbocycles. The number of carbonyl (C=O) groups is 2. The van der Waals surface area contributed by atoms with E-state index in [1.165, 1.54) is 39.1 Å². The number of aromatic nitrogens is 5. The molecule has 2 aromatic heterocycles. The fraction of sp³-hybridized carbons (Fsp3) is 0.250. The summed E-state index contributed by atoms with van der Waals surface area (Å²) in [7, 11) is 0. The maximum absolute atomic E-state index is 14.1. The molecular weight excluding hydrogens is 387 g/mol. The Hall–Kier alpha value is -3.41. The standard InChI is InChI=1S/C16H15FN8O2S/c1-9-21-22-23-25(9)11-2-3-12(17)13(7-11)20-14(26)6-10-8-28-16(19-10)24-5-4-18-15(24)27/h2-3,7-8H,4-6H2,1H3,(H,18,27)(H,20,26). The monoisotopic (exact) mass is 402 g/mol. The van der Waals surface area contributed by atoms with Crippen LogP contribution >= 0.6 is 11.3 Å². The molecule has 3 heterocycles. The zero-order valence-corrected chi connectivity index (χ0v) is 15.5. The molecule has 1 fully saturated rings. The lowest BCUT2D eigenvalue weighted by molar-refractivity contribution is -0.115. The fourth-order valence-electron chi connectivity index (χ4n) is 2.73. The van der Waals surface area contributed by atoms with Crippen molar-refractivity contribution < 1.29 is 14.0 Å². The number of thiazole rings is 1. The third-order valence-electron chi connectivity index (χ3n) is 4.06. The molecule has 2 N–H and O–H groups in total. The maximum atomic E-state index is 14.1. The number of nitrogens with zero attached hydrogens (tertiary/aromatic N) is 6. The van der Waals surface area contributed by atoms with Gasteiger partial charge in [0.25, 0.3) is 0 Å². The van der Waals surface area contributed by atoms with E-state index in [9.17, 15) is 14.0 Å². The highest BCUT2D eigenvalue weighted by molar-refractivity contribution is 7.14. The van der Waals surface area contributed by atoms with Crippen LogP contribution in [0.5, 0.6) is 0 Å². The van der Waals surface area contributed by atoms with Crippen molar-refractivity contribution >= 4 is 34.1 Å². The lowest BCUT2D eigenvalue weighted by Crippen LogP contribution is -2.27. The molecular formula is C16H15FN8O2S. The van der Waals surface area contributed by atoms with Crippen LogP contribution in [0.3, 0.4) is 0 Å². The Balaban J connectivity index is 1.46. The van der Waals surface area contributed by atoms with Gasteiger partial charge in [0.2, 0.25) is 5.91 Å². The number of carbonyl (C=O) groups excluding carboxylic acids is 2. The number of rotatable bonds is 5. The highest BCUT2D eigenvalue weighted by Crippen LogP contribution is 2.23. The van der Waals surface area contributed by atoms with Crippen molar-refractivity contribution in [2.45, 2.75) is 13.3 Å². The molecule has 28 heavy (non-hydrogen) atoms. The van der Waals surface area contributed by atoms with Crippen LogP contribution in [0.1, 0.15) is 11.5 Å². The minimum absolute atomic E-state index is 0.0202. The van der Waals surface area contributed by atoms with Gasteiger partial charge in [-0.3, -0.25) is 9.69 Å². The molecule has 3 aromatic rings. The van der Waals surface area contributed by atoms with E-state index in [1.54, 1.807) is 12.3 Å². The molecule has 0 unspecified atom stereocenters. The van der Waals surface area contributed by atoms with Gasteiger partial charge in [0, 0.05) is 18.5 Å². The highest BCUT2D eigenvalue weighted by Gasteiger charge is 2.24. The average molecular weight is 402 g/mol. The molecule has 0 spiro atoms. The number of amides is 3. The van der Waals surface area contributed by atoms with Crippen LogP contribution < -0.4 is 15.5 Å². The first-order chi connectivity index (χ1) is 13.5. The zero-order valence-electron chi connectivity index (χ0n) is 14.7. The second-order valence-corrected chi connectivity index (χ2v) is 6.87. The molecule has 1 aliphatic rings. The number of aryl methyl sites for hydroxylation is 1. The lowest BCUT2D eigenvalue weighted by atomic mass is 10.2. The van der Waals surface area contributed by atoms with Crippen molar-refractivity contribution in [3.05, 3.63) is 40.9 Å². The van der Waals surface area contributed by atoms with Crippen molar-refractivity contribution in [1.82, 2.24) is 30.5 Å². The summed E-state index contributed by atoms with van der Waals surface area (Å²) in [5.41, 5.74) is 1.05. The van der Waals surface area contributed by atoms with E-state index in [0.717, 1.165) is 0 Å². The predicted molar refractivity (Wildman–Crippen MR) is 99.0 cm³/mol. The van der Waals surface area contributed by atoms with Crippen LogP contribution in [-0.4, -0.2) is 50.2 Å². The lowest BCUT2D eigenvalue weighted by Gasteiger charge is -2.09.